The fourth-order valence-electron chi connectivity index (χ4n) is 0.552. The largest absolute Gasteiger partial charge is 0.526 e. The SMILES string of the molecule is C=C(C)C(=O)COOP(=O)(O)OOCC(=O)C(=C)C. The second kappa shape index (κ2) is 8.11. The molecule has 0 saturated carbocycles. The molecule has 0 bridgehead atoms. The average molecular weight is 294 g/mol. The monoisotopic (exact) mass is 294 g/mol. The van der Waals surface area contributed by atoms with E-state index in [0.29, 0.717) is 0 Å². The summed E-state index contributed by atoms with van der Waals surface area (Å²) >= 11 is 0. The summed E-state index contributed by atoms with van der Waals surface area (Å²) in [5.41, 5.74) is 0.390. The van der Waals surface area contributed by atoms with Crippen LogP contribution in [0.2, 0.25) is 0 Å². The van der Waals surface area contributed by atoms with Gasteiger partial charge in [0.1, 0.15) is 13.2 Å². The summed E-state index contributed by atoms with van der Waals surface area (Å²) in [6.07, 6.45) is 0. The minimum Gasteiger partial charge on any atom is -0.299 e. The van der Waals surface area contributed by atoms with Crippen LogP contribution < -0.4 is 0 Å². The van der Waals surface area contributed by atoms with Crippen LogP contribution in [-0.4, -0.2) is 29.7 Å². The third kappa shape index (κ3) is 8.55. The molecule has 0 fully saturated rings. The summed E-state index contributed by atoms with van der Waals surface area (Å²) in [5, 5.41) is 0. The Labute approximate surface area is 110 Å². The van der Waals surface area contributed by atoms with E-state index >= 15 is 0 Å². The summed E-state index contributed by atoms with van der Waals surface area (Å²) in [7, 11) is -4.67. The van der Waals surface area contributed by atoms with E-state index in [2.05, 4.69) is 32.3 Å². The van der Waals surface area contributed by atoms with Gasteiger partial charge in [-0.2, -0.15) is 0 Å². The zero-order valence-electron chi connectivity index (χ0n) is 10.6. The molecule has 0 radical (unpaired) electrons. The first-order chi connectivity index (χ1) is 8.65. The summed E-state index contributed by atoms with van der Waals surface area (Å²) in [6.45, 7) is 8.34. The molecule has 0 aliphatic heterocycles. The molecular formula is C10H15O8P. The summed E-state index contributed by atoms with van der Waals surface area (Å²) in [5.74, 6) is -1.03. The van der Waals surface area contributed by atoms with Crippen LogP contribution in [0.4, 0.5) is 0 Å². The Morgan fingerprint density at radius 2 is 1.32 bits per heavy atom. The first-order valence-electron chi connectivity index (χ1n) is 4.98. The van der Waals surface area contributed by atoms with Gasteiger partial charge in [0, 0.05) is 0 Å². The van der Waals surface area contributed by atoms with Crippen LogP contribution in [0.15, 0.2) is 24.3 Å². The van der Waals surface area contributed by atoms with Gasteiger partial charge in [-0.1, -0.05) is 13.2 Å². The second-order valence-corrected chi connectivity index (χ2v) is 4.78. The number of hydrogen-bond acceptors (Lipinski definition) is 7. The van der Waals surface area contributed by atoms with Crippen LogP contribution in [0.5, 0.6) is 0 Å². The molecule has 0 aromatic rings. The average Bonchev–Trinajstić information content (AvgIpc) is 2.27. The van der Waals surface area contributed by atoms with Gasteiger partial charge in [-0.3, -0.25) is 14.5 Å². The van der Waals surface area contributed by atoms with Crippen molar-refractivity contribution in [2.45, 2.75) is 13.8 Å². The van der Waals surface area contributed by atoms with E-state index in [1.54, 1.807) is 0 Å². The summed E-state index contributed by atoms with van der Waals surface area (Å²) in [4.78, 5) is 39.4. The van der Waals surface area contributed by atoms with Crippen LogP contribution in [0.1, 0.15) is 13.8 Å². The number of hydrogen-bond donors (Lipinski definition) is 1. The molecular weight excluding hydrogens is 279 g/mol. The van der Waals surface area contributed by atoms with E-state index in [1.165, 1.54) is 13.8 Å². The molecule has 19 heavy (non-hydrogen) atoms. The molecule has 0 aliphatic carbocycles. The van der Waals surface area contributed by atoms with Crippen LogP contribution >= 0.6 is 7.82 Å². The lowest BCUT2D eigenvalue weighted by atomic mass is 10.2. The molecule has 0 unspecified atom stereocenters. The number of Topliss-reactive ketones (excluding diaryl/α,β-unsaturated/α-hetero) is 2. The molecule has 0 saturated heterocycles. The van der Waals surface area contributed by atoms with Crippen molar-refractivity contribution in [3.63, 3.8) is 0 Å². The Bertz CT molecular complexity index is 391. The van der Waals surface area contributed by atoms with Crippen molar-refractivity contribution in [3.05, 3.63) is 24.3 Å². The van der Waals surface area contributed by atoms with Gasteiger partial charge < -0.3 is 0 Å². The van der Waals surface area contributed by atoms with Crippen molar-refractivity contribution in [2.75, 3.05) is 13.2 Å². The standard InChI is InChI=1S/C10H15O8P/c1-7(2)9(11)5-15-17-19(13,14)18-16-6-10(12)8(3)4/h1,3,5-6H2,2,4H3,(H,13,14). The lowest BCUT2D eigenvalue weighted by Crippen LogP contribution is -2.11. The van der Waals surface area contributed by atoms with E-state index in [9.17, 15) is 14.2 Å². The molecule has 0 amide bonds. The van der Waals surface area contributed by atoms with E-state index in [0.717, 1.165) is 0 Å². The number of carbonyl (C=O) groups is 2. The van der Waals surface area contributed by atoms with Gasteiger partial charge >= 0.3 is 7.82 Å². The number of ketones is 2. The third-order valence-electron chi connectivity index (χ3n) is 1.63. The van der Waals surface area contributed by atoms with Crippen LogP contribution in [0, 0.1) is 0 Å². The van der Waals surface area contributed by atoms with E-state index in [-0.39, 0.29) is 11.1 Å². The fraction of sp³-hybridized carbons (Fsp3) is 0.400. The number of carbonyl (C=O) groups excluding carboxylic acids is 2. The Kier molecular flexibility index (Phi) is 7.62. The minimum absolute atomic E-state index is 0.195. The van der Waals surface area contributed by atoms with Gasteiger partial charge in [-0.25, -0.2) is 14.3 Å². The molecule has 9 heteroatoms. The highest BCUT2D eigenvalue weighted by atomic mass is 31.2. The zero-order chi connectivity index (χ0) is 15.1. The molecule has 0 aromatic carbocycles. The normalized spacial score (nSPS) is 11.1. The van der Waals surface area contributed by atoms with Gasteiger partial charge in [-0.15, -0.1) is 9.35 Å². The van der Waals surface area contributed by atoms with Gasteiger partial charge in [0.15, 0.2) is 11.6 Å². The number of rotatable bonds is 10. The highest BCUT2D eigenvalue weighted by Crippen LogP contribution is 2.43. The quantitative estimate of drug-likeness (QED) is 0.278. The second-order valence-electron chi connectivity index (χ2n) is 3.55. The van der Waals surface area contributed by atoms with Crippen LogP contribution in [-0.2, 0) is 33.3 Å². The summed E-state index contributed by atoms with van der Waals surface area (Å²) in [6, 6.07) is 0. The molecule has 0 spiro atoms. The van der Waals surface area contributed by atoms with E-state index in [1.807, 2.05) is 0 Å². The lowest BCUT2D eigenvalue weighted by Gasteiger charge is -2.09. The maximum atomic E-state index is 11.1. The lowest BCUT2D eigenvalue weighted by molar-refractivity contribution is -0.272. The van der Waals surface area contributed by atoms with Crippen LogP contribution in [0.3, 0.4) is 0 Å². The Balaban J connectivity index is 3.96. The third-order valence-corrected chi connectivity index (χ3v) is 2.21. The number of phosphoric acid groups is 1. The highest BCUT2D eigenvalue weighted by Gasteiger charge is 2.25. The molecule has 0 rings (SSSR count). The first-order valence-corrected chi connectivity index (χ1v) is 6.48. The fourth-order valence-corrected chi connectivity index (χ4v) is 0.948. The molecule has 0 aromatic heterocycles. The van der Waals surface area contributed by atoms with Crippen molar-refractivity contribution in [1.29, 1.82) is 0 Å². The molecule has 0 aliphatic rings. The topological polar surface area (TPSA) is 108 Å². The predicted molar refractivity (Wildman–Crippen MR) is 63.5 cm³/mol. The van der Waals surface area contributed by atoms with Crippen molar-refractivity contribution in [1.82, 2.24) is 0 Å². The van der Waals surface area contributed by atoms with Crippen molar-refractivity contribution >= 4 is 19.4 Å². The first kappa shape index (κ1) is 17.8. The maximum absolute atomic E-state index is 11.1. The zero-order valence-corrected chi connectivity index (χ0v) is 11.5. The molecule has 1 N–H and O–H groups in total. The van der Waals surface area contributed by atoms with Crippen LogP contribution in [0.25, 0.3) is 0 Å². The predicted octanol–water partition coefficient (Wildman–Crippen LogP) is 1.27. The summed E-state index contributed by atoms with van der Waals surface area (Å²) < 4.78 is 19.0. The smallest absolute Gasteiger partial charge is 0.299 e. The van der Waals surface area contributed by atoms with Crippen molar-refractivity contribution in [3.8, 4) is 0 Å². The maximum Gasteiger partial charge on any atom is 0.526 e. The van der Waals surface area contributed by atoms with Gasteiger partial charge in [-0.05, 0) is 25.0 Å². The van der Waals surface area contributed by atoms with E-state index < -0.39 is 32.6 Å². The van der Waals surface area contributed by atoms with Gasteiger partial charge in [0.05, 0.1) is 0 Å². The Morgan fingerprint density at radius 1 is 1.00 bits per heavy atom. The van der Waals surface area contributed by atoms with Crippen molar-refractivity contribution < 1.29 is 38.2 Å². The Morgan fingerprint density at radius 3 is 1.58 bits per heavy atom. The van der Waals surface area contributed by atoms with Crippen molar-refractivity contribution in [2.24, 2.45) is 0 Å². The molecule has 8 nitrogen and oxygen atoms in total. The molecule has 108 valence electrons. The molecule has 0 atom stereocenters. The Hall–Kier alpha value is -1.15. The van der Waals surface area contributed by atoms with E-state index in [4.69, 9.17) is 4.89 Å². The highest BCUT2D eigenvalue weighted by molar-refractivity contribution is 7.47. The molecule has 0 heterocycles. The minimum atomic E-state index is -4.67. The van der Waals surface area contributed by atoms with Gasteiger partial charge in [0.25, 0.3) is 0 Å². The van der Waals surface area contributed by atoms with Gasteiger partial charge in [0.2, 0.25) is 0 Å².